The van der Waals surface area contributed by atoms with Crippen molar-refractivity contribution in [3.63, 3.8) is 0 Å². The Morgan fingerprint density at radius 2 is 1.77 bits per heavy atom. The highest BCUT2D eigenvalue weighted by molar-refractivity contribution is 6.02. The largest absolute Gasteiger partial charge is 0.354 e. The molecule has 7 nitrogen and oxygen atoms in total. The number of nitrogens with zero attached hydrogens (tertiary/aromatic N) is 6. The molecule has 1 fully saturated rings. The third kappa shape index (κ3) is 4.67. The van der Waals surface area contributed by atoms with Gasteiger partial charge in [0.15, 0.2) is 0 Å². The predicted octanol–water partition coefficient (Wildman–Crippen LogP) is 2.67. The highest BCUT2D eigenvalue weighted by atomic mass is 16.2. The van der Waals surface area contributed by atoms with Gasteiger partial charge in [-0.3, -0.25) is 9.69 Å². The quantitative estimate of drug-likeness (QED) is 0.764. The molecule has 30 heavy (non-hydrogen) atoms. The smallest absolute Gasteiger partial charge is 0.256 e. The third-order valence-electron chi connectivity index (χ3n) is 5.63. The molecule has 0 N–H and O–H groups in total. The summed E-state index contributed by atoms with van der Waals surface area (Å²) in [5, 5.41) is 6.20. The summed E-state index contributed by atoms with van der Waals surface area (Å²) in [4.78, 5) is 26.5. The fourth-order valence-corrected chi connectivity index (χ4v) is 3.87. The lowest BCUT2D eigenvalue weighted by Crippen LogP contribution is -2.49. The minimum atomic E-state index is 0.0781. The van der Waals surface area contributed by atoms with E-state index in [1.54, 1.807) is 5.01 Å². The molecule has 0 spiro atoms. The number of carbonyl (C=O) groups is 1. The van der Waals surface area contributed by atoms with Gasteiger partial charge in [0.1, 0.15) is 11.6 Å². The summed E-state index contributed by atoms with van der Waals surface area (Å²) in [6, 6.07) is 12.2. The lowest BCUT2D eigenvalue weighted by Gasteiger charge is -2.35. The van der Waals surface area contributed by atoms with Crippen LogP contribution < -0.4 is 4.90 Å². The van der Waals surface area contributed by atoms with Crippen LogP contribution in [0.3, 0.4) is 0 Å². The van der Waals surface area contributed by atoms with Gasteiger partial charge in [-0.15, -0.1) is 0 Å². The van der Waals surface area contributed by atoms with Crippen LogP contribution in [0.15, 0.2) is 41.5 Å². The Labute approximate surface area is 178 Å². The van der Waals surface area contributed by atoms with Gasteiger partial charge in [-0.25, -0.2) is 15.0 Å². The van der Waals surface area contributed by atoms with Crippen LogP contribution in [0.2, 0.25) is 0 Å². The molecule has 3 heterocycles. The number of piperazine rings is 1. The molecule has 0 bridgehead atoms. The summed E-state index contributed by atoms with van der Waals surface area (Å²) in [5.74, 6) is 2.27. The number of aryl methyl sites for hydroxylation is 1. The van der Waals surface area contributed by atoms with Crippen LogP contribution in [-0.4, -0.2) is 70.8 Å². The maximum absolute atomic E-state index is 12.7. The van der Waals surface area contributed by atoms with Crippen LogP contribution in [-0.2, 0) is 4.79 Å². The number of hydrazone groups is 1. The van der Waals surface area contributed by atoms with E-state index < -0.39 is 0 Å². The van der Waals surface area contributed by atoms with E-state index in [1.807, 2.05) is 37.3 Å². The Bertz CT molecular complexity index is 919. The molecule has 1 aromatic carbocycles. The Kier molecular flexibility index (Phi) is 6.08. The van der Waals surface area contributed by atoms with Crippen LogP contribution in [0.5, 0.6) is 0 Å². The monoisotopic (exact) mass is 406 g/mol. The fourth-order valence-electron chi connectivity index (χ4n) is 3.87. The SMILES string of the molecule is Cc1cc(N2CCN(CC(=O)N3CCC(c4ccccc4)=N3)CC2)nc(C(C)C)n1. The van der Waals surface area contributed by atoms with Gasteiger partial charge in [0.05, 0.1) is 18.8 Å². The third-order valence-corrected chi connectivity index (χ3v) is 5.63. The summed E-state index contributed by atoms with van der Waals surface area (Å²) < 4.78 is 0. The first kappa shape index (κ1) is 20.5. The van der Waals surface area contributed by atoms with Gasteiger partial charge < -0.3 is 4.90 Å². The van der Waals surface area contributed by atoms with E-state index in [9.17, 15) is 4.79 Å². The van der Waals surface area contributed by atoms with E-state index in [0.29, 0.717) is 19.0 Å². The van der Waals surface area contributed by atoms with Gasteiger partial charge in [0.2, 0.25) is 0 Å². The minimum Gasteiger partial charge on any atom is -0.354 e. The highest BCUT2D eigenvalue weighted by Gasteiger charge is 2.26. The van der Waals surface area contributed by atoms with Crippen molar-refractivity contribution in [2.75, 3.05) is 44.2 Å². The molecule has 4 rings (SSSR count). The molecule has 0 aliphatic carbocycles. The van der Waals surface area contributed by atoms with E-state index in [2.05, 4.69) is 39.8 Å². The van der Waals surface area contributed by atoms with Gasteiger partial charge >= 0.3 is 0 Å². The van der Waals surface area contributed by atoms with Crippen LogP contribution in [0.25, 0.3) is 0 Å². The van der Waals surface area contributed by atoms with Crippen molar-refractivity contribution in [1.82, 2.24) is 19.9 Å². The number of aromatic nitrogens is 2. The summed E-state index contributed by atoms with van der Waals surface area (Å²) in [6.07, 6.45) is 0.814. The van der Waals surface area contributed by atoms with Crippen LogP contribution in [0.1, 0.15) is 43.3 Å². The molecule has 158 valence electrons. The van der Waals surface area contributed by atoms with Crippen molar-refractivity contribution >= 4 is 17.4 Å². The van der Waals surface area contributed by atoms with Gasteiger partial charge in [0, 0.05) is 50.3 Å². The lowest BCUT2D eigenvalue weighted by atomic mass is 10.1. The van der Waals surface area contributed by atoms with Gasteiger partial charge in [0.25, 0.3) is 5.91 Å². The zero-order valence-electron chi connectivity index (χ0n) is 18.1. The first-order chi connectivity index (χ1) is 14.5. The Morgan fingerprint density at radius 1 is 1.03 bits per heavy atom. The number of anilines is 1. The van der Waals surface area contributed by atoms with Crippen molar-refractivity contribution in [2.45, 2.75) is 33.1 Å². The summed E-state index contributed by atoms with van der Waals surface area (Å²) >= 11 is 0. The Hall–Kier alpha value is -2.80. The first-order valence-electron chi connectivity index (χ1n) is 10.8. The fraction of sp³-hybridized carbons (Fsp3) is 0.478. The van der Waals surface area contributed by atoms with Crippen LogP contribution in [0, 0.1) is 6.92 Å². The molecule has 0 atom stereocenters. The first-order valence-corrected chi connectivity index (χ1v) is 10.8. The van der Waals surface area contributed by atoms with Gasteiger partial charge in [-0.05, 0) is 12.5 Å². The molecule has 0 saturated carbocycles. The maximum atomic E-state index is 12.7. The average molecular weight is 407 g/mol. The molecule has 2 aromatic rings. The number of benzene rings is 1. The highest BCUT2D eigenvalue weighted by Crippen LogP contribution is 2.19. The van der Waals surface area contributed by atoms with Crippen molar-refractivity contribution in [3.05, 3.63) is 53.5 Å². The lowest BCUT2D eigenvalue weighted by molar-refractivity contribution is -0.132. The normalized spacial score (nSPS) is 17.5. The second-order valence-electron chi connectivity index (χ2n) is 8.32. The topological polar surface area (TPSA) is 64.9 Å². The zero-order valence-corrected chi connectivity index (χ0v) is 18.1. The molecule has 1 saturated heterocycles. The number of rotatable bonds is 5. The molecule has 2 aliphatic heterocycles. The van der Waals surface area contributed by atoms with Crippen molar-refractivity contribution < 1.29 is 4.79 Å². The Morgan fingerprint density at radius 3 is 2.47 bits per heavy atom. The molecule has 0 unspecified atom stereocenters. The molecule has 7 heteroatoms. The second-order valence-corrected chi connectivity index (χ2v) is 8.32. The van der Waals surface area contributed by atoms with Crippen LogP contribution in [0.4, 0.5) is 5.82 Å². The molecule has 1 aromatic heterocycles. The average Bonchev–Trinajstić information content (AvgIpc) is 3.25. The van der Waals surface area contributed by atoms with Crippen LogP contribution >= 0.6 is 0 Å². The second kappa shape index (κ2) is 8.92. The maximum Gasteiger partial charge on any atom is 0.256 e. The standard InChI is InChI=1S/C23H30N6O/c1-17(2)23-24-18(3)15-21(25-23)28-13-11-27(12-14-28)16-22(30)29-10-9-20(26-29)19-7-5-4-6-8-19/h4-8,15,17H,9-14,16H2,1-3H3. The molecule has 0 radical (unpaired) electrons. The molecule has 2 aliphatic rings. The minimum absolute atomic E-state index is 0.0781. The zero-order chi connectivity index (χ0) is 21.1. The summed E-state index contributed by atoms with van der Waals surface area (Å²) in [6.45, 7) is 10.7. The Balaban J connectivity index is 1.32. The van der Waals surface area contributed by atoms with E-state index in [4.69, 9.17) is 4.98 Å². The number of amides is 1. The number of hydrogen-bond acceptors (Lipinski definition) is 6. The summed E-state index contributed by atoms with van der Waals surface area (Å²) in [7, 11) is 0. The van der Waals surface area contributed by atoms with Gasteiger partial charge in [-0.1, -0.05) is 44.2 Å². The molecule has 1 amide bonds. The number of hydrogen-bond donors (Lipinski definition) is 0. The molecular formula is C23H30N6O. The van der Waals surface area contributed by atoms with E-state index in [0.717, 1.165) is 61.2 Å². The molecular weight excluding hydrogens is 376 g/mol. The van der Waals surface area contributed by atoms with E-state index in [-0.39, 0.29) is 5.91 Å². The van der Waals surface area contributed by atoms with Gasteiger partial charge in [-0.2, -0.15) is 5.10 Å². The van der Waals surface area contributed by atoms with Crippen molar-refractivity contribution in [3.8, 4) is 0 Å². The van der Waals surface area contributed by atoms with Crippen molar-refractivity contribution in [1.29, 1.82) is 0 Å². The predicted molar refractivity (Wildman–Crippen MR) is 119 cm³/mol. The number of carbonyl (C=O) groups excluding carboxylic acids is 1. The summed E-state index contributed by atoms with van der Waals surface area (Å²) in [5.41, 5.74) is 3.10. The van der Waals surface area contributed by atoms with Crippen molar-refractivity contribution in [2.24, 2.45) is 5.10 Å². The van der Waals surface area contributed by atoms with E-state index in [1.165, 1.54) is 0 Å². The van der Waals surface area contributed by atoms with E-state index >= 15 is 0 Å².